The standard InChI is InChI=1S/C9H5F3N2O2S/c10-9(11,12)17(15,16)14-8(6-13)7-4-2-1-3-5-7/h1-5H. The fourth-order valence-corrected chi connectivity index (χ4v) is 1.40. The van der Waals surface area contributed by atoms with Gasteiger partial charge in [-0.05, 0) is 0 Å². The van der Waals surface area contributed by atoms with Crippen molar-refractivity contribution in [3.8, 4) is 6.07 Å². The van der Waals surface area contributed by atoms with Gasteiger partial charge in [-0.25, -0.2) is 0 Å². The van der Waals surface area contributed by atoms with Crippen LogP contribution in [-0.4, -0.2) is 19.6 Å². The van der Waals surface area contributed by atoms with Crippen molar-refractivity contribution in [2.45, 2.75) is 5.51 Å². The summed E-state index contributed by atoms with van der Waals surface area (Å²) in [7, 11) is -5.69. The largest absolute Gasteiger partial charge is 0.518 e. The molecule has 8 heteroatoms. The third-order valence-electron chi connectivity index (χ3n) is 1.66. The maximum atomic E-state index is 12.0. The first-order valence-electron chi connectivity index (χ1n) is 4.14. The van der Waals surface area contributed by atoms with Gasteiger partial charge < -0.3 is 0 Å². The van der Waals surface area contributed by atoms with Gasteiger partial charge in [-0.15, -0.1) is 4.40 Å². The topological polar surface area (TPSA) is 70.3 Å². The molecule has 4 nitrogen and oxygen atoms in total. The van der Waals surface area contributed by atoms with E-state index in [-0.39, 0.29) is 5.56 Å². The highest BCUT2D eigenvalue weighted by molar-refractivity contribution is 7.91. The number of alkyl halides is 3. The van der Waals surface area contributed by atoms with Gasteiger partial charge in [-0.3, -0.25) is 0 Å². The Balaban J connectivity index is 3.29. The van der Waals surface area contributed by atoms with E-state index in [0.29, 0.717) is 0 Å². The number of nitriles is 1. The Morgan fingerprint density at radius 1 is 1.24 bits per heavy atom. The van der Waals surface area contributed by atoms with Crippen molar-refractivity contribution in [2.75, 3.05) is 0 Å². The Morgan fingerprint density at radius 3 is 2.18 bits per heavy atom. The van der Waals surface area contributed by atoms with E-state index in [2.05, 4.69) is 4.40 Å². The van der Waals surface area contributed by atoms with Crippen LogP contribution in [0.3, 0.4) is 0 Å². The van der Waals surface area contributed by atoms with Crippen LogP contribution < -0.4 is 0 Å². The van der Waals surface area contributed by atoms with E-state index in [9.17, 15) is 21.6 Å². The van der Waals surface area contributed by atoms with Crippen LogP contribution in [0, 0.1) is 11.3 Å². The Hall–Kier alpha value is -1.88. The lowest BCUT2D eigenvalue weighted by Gasteiger charge is -2.03. The Bertz CT molecular complexity index is 570. The molecular weight excluding hydrogens is 257 g/mol. The highest BCUT2D eigenvalue weighted by Gasteiger charge is 2.46. The van der Waals surface area contributed by atoms with Crippen molar-refractivity contribution < 1.29 is 21.6 Å². The van der Waals surface area contributed by atoms with Crippen molar-refractivity contribution >= 4 is 15.7 Å². The lowest BCUT2D eigenvalue weighted by atomic mass is 10.1. The predicted molar refractivity (Wildman–Crippen MR) is 53.6 cm³/mol. The van der Waals surface area contributed by atoms with Gasteiger partial charge >= 0.3 is 15.5 Å². The zero-order valence-corrected chi connectivity index (χ0v) is 8.96. The molecule has 0 bridgehead atoms. The van der Waals surface area contributed by atoms with E-state index in [0.717, 1.165) is 0 Å². The highest BCUT2D eigenvalue weighted by Crippen LogP contribution is 2.25. The van der Waals surface area contributed by atoms with Crippen LogP contribution in [0.1, 0.15) is 5.56 Å². The molecule has 0 saturated heterocycles. The molecule has 0 aliphatic carbocycles. The Kier molecular flexibility index (Phi) is 3.53. The Labute approximate surface area is 95.1 Å². The van der Waals surface area contributed by atoms with Gasteiger partial charge in [0.05, 0.1) is 0 Å². The molecule has 0 atom stereocenters. The second-order valence-corrected chi connectivity index (χ2v) is 4.43. The van der Waals surface area contributed by atoms with E-state index in [1.54, 1.807) is 6.07 Å². The van der Waals surface area contributed by atoms with Crippen LogP contribution in [-0.2, 0) is 10.0 Å². The van der Waals surface area contributed by atoms with Gasteiger partial charge in [0.15, 0.2) is 5.71 Å². The maximum Gasteiger partial charge on any atom is 0.518 e. The van der Waals surface area contributed by atoms with Gasteiger partial charge in [-0.2, -0.15) is 26.9 Å². The van der Waals surface area contributed by atoms with Crippen LogP contribution >= 0.6 is 0 Å². The monoisotopic (exact) mass is 262 g/mol. The van der Waals surface area contributed by atoms with Gasteiger partial charge in [0.25, 0.3) is 0 Å². The quantitative estimate of drug-likeness (QED) is 0.763. The first-order valence-corrected chi connectivity index (χ1v) is 5.58. The third kappa shape index (κ3) is 3.04. The molecule has 0 aliphatic rings. The molecule has 1 rings (SSSR count). The molecule has 90 valence electrons. The summed E-state index contributed by atoms with van der Waals surface area (Å²) in [6.45, 7) is 0. The van der Waals surface area contributed by atoms with Crippen LogP contribution in [0.25, 0.3) is 0 Å². The third-order valence-corrected chi connectivity index (χ3v) is 2.67. The van der Waals surface area contributed by atoms with E-state index < -0.39 is 21.2 Å². The molecule has 0 spiro atoms. The van der Waals surface area contributed by atoms with Crippen molar-refractivity contribution in [1.29, 1.82) is 5.26 Å². The SMILES string of the molecule is N#CC(=NS(=O)(=O)C(F)(F)F)c1ccccc1. The molecule has 0 amide bonds. The first-order chi connectivity index (χ1) is 7.78. The van der Waals surface area contributed by atoms with Crippen molar-refractivity contribution in [3.05, 3.63) is 35.9 Å². The zero-order chi connectivity index (χ0) is 13.1. The second kappa shape index (κ2) is 4.55. The van der Waals surface area contributed by atoms with Crippen molar-refractivity contribution in [2.24, 2.45) is 4.40 Å². The molecule has 0 unspecified atom stereocenters. The summed E-state index contributed by atoms with van der Waals surface area (Å²) in [6.07, 6.45) is 0. The van der Waals surface area contributed by atoms with Gasteiger partial charge in [0, 0.05) is 5.56 Å². The molecule has 0 saturated carbocycles. The van der Waals surface area contributed by atoms with Crippen LogP contribution in [0.4, 0.5) is 13.2 Å². The minimum atomic E-state index is -5.69. The summed E-state index contributed by atoms with van der Waals surface area (Å²) in [5.74, 6) is 0. The normalized spacial score (nSPS) is 13.2. The molecule has 0 N–H and O–H groups in total. The summed E-state index contributed by atoms with van der Waals surface area (Å²) < 4.78 is 60.1. The molecule has 0 fully saturated rings. The minimum absolute atomic E-state index is 0.00262. The number of hydrogen-bond donors (Lipinski definition) is 0. The van der Waals surface area contributed by atoms with Crippen molar-refractivity contribution in [1.82, 2.24) is 0 Å². The fraction of sp³-hybridized carbons (Fsp3) is 0.111. The molecule has 1 aromatic carbocycles. The number of hydrogen-bond acceptors (Lipinski definition) is 3. The second-order valence-electron chi connectivity index (χ2n) is 2.84. The van der Waals surface area contributed by atoms with Crippen molar-refractivity contribution in [3.63, 3.8) is 0 Å². The van der Waals surface area contributed by atoms with Gasteiger partial charge in [0.2, 0.25) is 0 Å². The summed E-state index contributed by atoms with van der Waals surface area (Å²) >= 11 is 0. The lowest BCUT2D eigenvalue weighted by Crippen LogP contribution is -2.22. The zero-order valence-electron chi connectivity index (χ0n) is 8.14. The predicted octanol–water partition coefficient (Wildman–Crippen LogP) is 1.85. The van der Waals surface area contributed by atoms with E-state index in [4.69, 9.17) is 5.26 Å². The number of halogens is 3. The molecule has 0 heterocycles. The average Bonchev–Trinajstić information content (AvgIpc) is 2.25. The lowest BCUT2D eigenvalue weighted by molar-refractivity contribution is -0.0435. The van der Waals surface area contributed by atoms with Crippen LogP contribution in [0.5, 0.6) is 0 Å². The molecule has 0 radical (unpaired) electrons. The summed E-state index contributed by atoms with van der Waals surface area (Å²) in [6, 6.07) is 8.35. The number of benzene rings is 1. The highest BCUT2D eigenvalue weighted by atomic mass is 32.2. The number of rotatable bonds is 2. The minimum Gasteiger partial charge on any atom is -0.195 e. The van der Waals surface area contributed by atoms with Crippen LogP contribution in [0.2, 0.25) is 0 Å². The van der Waals surface area contributed by atoms with Gasteiger partial charge in [-0.1, -0.05) is 30.3 Å². The molecule has 0 aliphatic heterocycles. The fourth-order valence-electron chi connectivity index (χ4n) is 0.906. The number of sulfonamides is 1. The average molecular weight is 262 g/mol. The molecular formula is C9H5F3N2O2S. The van der Waals surface area contributed by atoms with E-state index in [1.807, 2.05) is 0 Å². The molecule has 1 aromatic rings. The van der Waals surface area contributed by atoms with E-state index in [1.165, 1.54) is 30.3 Å². The Morgan fingerprint density at radius 2 is 1.76 bits per heavy atom. The smallest absolute Gasteiger partial charge is 0.195 e. The summed E-state index contributed by atoms with van der Waals surface area (Å²) in [5.41, 5.74) is -6.31. The summed E-state index contributed by atoms with van der Waals surface area (Å²) in [4.78, 5) is 0. The molecule has 17 heavy (non-hydrogen) atoms. The molecule has 0 aromatic heterocycles. The number of nitrogens with zero attached hydrogens (tertiary/aromatic N) is 2. The van der Waals surface area contributed by atoms with Gasteiger partial charge in [0.1, 0.15) is 6.07 Å². The van der Waals surface area contributed by atoms with E-state index >= 15 is 0 Å². The van der Waals surface area contributed by atoms with Crippen LogP contribution in [0.15, 0.2) is 34.7 Å². The first kappa shape index (κ1) is 13.2. The summed E-state index contributed by atoms with van der Waals surface area (Å²) in [5, 5.41) is 8.60. The maximum absolute atomic E-state index is 12.0.